The number of likely N-dealkylation sites (N-methyl/N-ethyl adjacent to an activating group) is 1. The fraction of sp³-hybridized carbons (Fsp3) is 0.714. The number of ether oxygens (including phenoxy) is 2. The highest BCUT2D eigenvalue weighted by atomic mass is 16.5. The number of rotatable bonds is 13. The highest BCUT2D eigenvalue weighted by Gasteiger charge is 2.15. The number of hydrogen-bond acceptors (Lipinski definition) is 5. The van der Waals surface area contributed by atoms with Crippen LogP contribution in [-0.2, 0) is 16.0 Å². The zero-order valence-corrected chi connectivity index (χ0v) is 16.7. The minimum atomic E-state index is 0.686. The van der Waals surface area contributed by atoms with E-state index in [2.05, 4.69) is 53.2 Å². The standard InChI is InChI=1S/C21H37N3O2/c1-3-5-15-25-17-18-26-16-10-22-19-20-6-8-21(9-7-20)24-13-11-23(4-2)12-14-24/h6-9,22H,3-5,10-19H2,1-2H3. The molecule has 0 unspecified atom stereocenters. The van der Waals surface area contributed by atoms with Crippen molar-refractivity contribution in [2.45, 2.75) is 33.2 Å². The lowest BCUT2D eigenvalue weighted by Gasteiger charge is -2.35. The largest absolute Gasteiger partial charge is 0.379 e. The lowest BCUT2D eigenvalue weighted by molar-refractivity contribution is 0.0477. The van der Waals surface area contributed by atoms with Gasteiger partial charge in [-0.1, -0.05) is 32.4 Å². The Bertz CT molecular complexity index is 459. The van der Waals surface area contributed by atoms with Crippen molar-refractivity contribution in [3.05, 3.63) is 29.8 Å². The Morgan fingerprint density at radius 1 is 0.885 bits per heavy atom. The Morgan fingerprint density at radius 3 is 2.23 bits per heavy atom. The van der Waals surface area contributed by atoms with Crippen molar-refractivity contribution in [2.24, 2.45) is 0 Å². The van der Waals surface area contributed by atoms with Gasteiger partial charge in [0.2, 0.25) is 0 Å². The quantitative estimate of drug-likeness (QED) is 0.546. The van der Waals surface area contributed by atoms with Crippen molar-refractivity contribution in [1.82, 2.24) is 10.2 Å². The van der Waals surface area contributed by atoms with Crippen LogP contribution in [0.3, 0.4) is 0 Å². The highest BCUT2D eigenvalue weighted by molar-refractivity contribution is 5.48. The van der Waals surface area contributed by atoms with Crippen molar-refractivity contribution >= 4 is 5.69 Å². The first-order valence-corrected chi connectivity index (χ1v) is 10.3. The van der Waals surface area contributed by atoms with E-state index in [1.807, 2.05) is 0 Å². The van der Waals surface area contributed by atoms with E-state index in [4.69, 9.17) is 9.47 Å². The van der Waals surface area contributed by atoms with Gasteiger partial charge in [-0.3, -0.25) is 0 Å². The van der Waals surface area contributed by atoms with Crippen LogP contribution >= 0.6 is 0 Å². The Kier molecular flexibility index (Phi) is 10.7. The molecular formula is C21H37N3O2. The average molecular weight is 364 g/mol. The lowest BCUT2D eigenvalue weighted by Crippen LogP contribution is -2.46. The van der Waals surface area contributed by atoms with Gasteiger partial charge in [0, 0.05) is 51.6 Å². The molecule has 26 heavy (non-hydrogen) atoms. The van der Waals surface area contributed by atoms with Crippen LogP contribution in [0.2, 0.25) is 0 Å². The van der Waals surface area contributed by atoms with E-state index in [0.717, 1.165) is 52.4 Å². The molecule has 1 aromatic rings. The molecule has 0 amide bonds. The Balaban J connectivity index is 1.53. The summed E-state index contributed by atoms with van der Waals surface area (Å²) in [5.41, 5.74) is 2.67. The fourth-order valence-corrected chi connectivity index (χ4v) is 3.09. The molecule has 0 aliphatic carbocycles. The predicted octanol–water partition coefficient (Wildman–Crippen LogP) is 2.75. The summed E-state index contributed by atoms with van der Waals surface area (Å²) in [5, 5.41) is 3.44. The van der Waals surface area contributed by atoms with E-state index >= 15 is 0 Å². The van der Waals surface area contributed by atoms with E-state index in [0.29, 0.717) is 13.2 Å². The van der Waals surface area contributed by atoms with Crippen LogP contribution in [-0.4, -0.2) is 70.6 Å². The van der Waals surface area contributed by atoms with Crippen molar-refractivity contribution in [1.29, 1.82) is 0 Å². The fourth-order valence-electron chi connectivity index (χ4n) is 3.09. The van der Waals surface area contributed by atoms with Gasteiger partial charge >= 0.3 is 0 Å². The van der Waals surface area contributed by atoms with Crippen molar-refractivity contribution in [3.63, 3.8) is 0 Å². The summed E-state index contributed by atoms with van der Waals surface area (Å²) in [7, 11) is 0. The maximum absolute atomic E-state index is 5.57. The SMILES string of the molecule is CCCCOCCOCCNCc1ccc(N2CCN(CC)CC2)cc1. The second-order valence-corrected chi connectivity index (χ2v) is 6.84. The predicted molar refractivity (Wildman–Crippen MR) is 109 cm³/mol. The molecule has 1 N–H and O–H groups in total. The van der Waals surface area contributed by atoms with E-state index < -0.39 is 0 Å². The number of anilines is 1. The molecule has 0 spiro atoms. The van der Waals surface area contributed by atoms with Crippen LogP contribution < -0.4 is 10.2 Å². The molecule has 1 saturated heterocycles. The lowest BCUT2D eigenvalue weighted by atomic mass is 10.1. The van der Waals surface area contributed by atoms with Crippen LogP contribution in [0.5, 0.6) is 0 Å². The number of nitrogens with zero attached hydrogens (tertiary/aromatic N) is 2. The molecule has 1 aromatic carbocycles. The molecule has 1 aliphatic rings. The number of unbranched alkanes of at least 4 members (excludes halogenated alkanes) is 1. The molecule has 0 saturated carbocycles. The molecule has 0 bridgehead atoms. The molecule has 0 atom stereocenters. The van der Waals surface area contributed by atoms with Gasteiger partial charge in [-0.2, -0.15) is 0 Å². The Labute approximate surface area is 159 Å². The molecule has 2 rings (SSSR count). The summed E-state index contributed by atoms with van der Waals surface area (Å²) in [6.45, 7) is 14.9. The van der Waals surface area contributed by atoms with Crippen molar-refractivity contribution < 1.29 is 9.47 Å². The number of hydrogen-bond donors (Lipinski definition) is 1. The highest BCUT2D eigenvalue weighted by Crippen LogP contribution is 2.17. The smallest absolute Gasteiger partial charge is 0.0701 e. The van der Waals surface area contributed by atoms with Gasteiger partial charge in [0.1, 0.15) is 0 Å². The minimum Gasteiger partial charge on any atom is -0.379 e. The number of benzene rings is 1. The number of nitrogens with one attached hydrogen (secondary N) is 1. The molecule has 1 heterocycles. The Hall–Kier alpha value is -1.14. The maximum Gasteiger partial charge on any atom is 0.0701 e. The van der Waals surface area contributed by atoms with E-state index in [1.165, 1.54) is 30.8 Å². The van der Waals surface area contributed by atoms with Crippen molar-refractivity contribution in [3.8, 4) is 0 Å². The molecule has 1 aliphatic heterocycles. The van der Waals surface area contributed by atoms with Gasteiger partial charge in [-0.05, 0) is 30.7 Å². The van der Waals surface area contributed by atoms with Crippen LogP contribution in [0.1, 0.15) is 32.3 Å². The second kappa shape index (κ2) is 13.1. The first-order valence-electron chi connectivity index (χ1n) is 10.3. The van der Waals surface area contributed by atoms with E-state index in [-0.39, 0.29) is 0 Å². The van der Waals surface area contributed by atoms with Gasteiger partial charge in [0.15, 0.2) is 0 Å². The third-order valence-electron chi connectivity index (χ3n) is 4.89. The Morgan fingerprint density at radius 2 is 1.58 bits per heavy atom. The summed E-state index contributed by atoms with van der Waals surface area (Å²) < 4.78 is 11.0. The first kappa shape index (κ1) is 21.2. The molecule has 5 nitrogen and oxygen atoms in total. The molecule has 1 fully saturated rings. The van der Waals surface area contributed by atoms with Gasteiger partial charge < -0.3 is 24.6 Å². The van der Waals surface area contributed by atoms with E-state index in [9.17, 15) is 0 Å². The van der Waals surface area contributed by atoms with E-state index in [1.54, 1.807) is 0 Å². The third kappa shape index (κ3) is 8.04. The number of piperazine rings is 1. The van der Waals surface area contributed by atoms with Crippen LogP contribution in [0.15, 0.2) is 24.3 Å². The van der Waals surface area contributed by atoms with Crippen LogP contribution in [0, 0.1) is 0 Å². The summed E-state index contributed by atoms with van der Waals surface area (Å²) in [6.07, 6.45) is 2.32. The van der Waals surface area contributed by atoms with Gasteiger partial charge in [-0.25, -0.2) is 0 Å². The first-order chi connectivity index (χ1) is 12.8. The second-order valence-electron chi connectivity index (χ2n) is 6.84. The van der Waals surface area contributed by atoms with Crippen LogP contribution in [0.4, 0.5) is 5.69 Å². The zero-order valence-electron chi connectivity index (χ0n) is 16.7. The molecule has 148 valence electrons. The monoisotopic (exact) mass is 363 g/mol. The normalized spacial score (nSPS) is 15.5. The summed E-state index contributed by atoms with van der Waals surface area (Å²) in [6, 6.07) is 8.97. The van der Waals surface area contributed by atoms with Crippen molar-refractivity contribution in [2.75, 3.05) is 70.6 Å². The van der Waals surface area contributed by atoms with Gasteiger partial charge in [0.25, 0.3) is 0 Å². The molecule has 5 heteroatoms. The average Bonchev–Trinajstić information content (AvgIpc) is 2.70. The maximum atomic E-state index is 5.57. The molecule has 0 radical (unpaired) electrons. The summed E-state index contributed by atoms with van der Waals surface area (Å²) in [5.74, 6) is 0. The third-order valence-corrected chi connectivity index (χ3v) is 4.89. The van der Waals surface area contributed by atoms with Gasteiger partial charge in [0.05, 0.1) is 19.8 Å². The summed E-state index contributed by atoms with van der Waals surface area (Å²) >= 11 is 0. The summed E-state index contributed by atoms with van der Waals surface area (Å²) in [4.78, 5) is 4.99. The molecular weight excluding hydrogens is 326 g/mol. The molecule has 0 aromatic heterocycles. The minimum absolute atomic E-state index is 0.686. The van der Waals surface area contributed by atoms with Gasteiger partial charge in [-0.15, -0.1) is 0 Å². The topological polar surface area (TPSA) is 37.0 Å². The zero-order chi connectivity index (χ0) is 18.5. The van der Waals surface area contributed by atoms with Crippen LogP contribution in [0.25, 0.3) is 0 Å².